The van der Waals surface area contributed by atoms with Gasteiger partial charge in [0.2, 0.25) is 0 Å². The highest BCUT2D eigenvalue weighted by Crippen LogP contribution is 2.45. The summed E-state index contributed by atoms with van der Waals surface area (Å²) in [6.45, 7) is 7.33. The van der Waals surface area contributed by atoms with Crippen LogP contribution in [0.2, 0.25) is 0 Å². The molecule has 0 aromatic carbocycles. The molecule has 0 saturated heterocycles. The van der Waals surface area contributed by atoms with Gasteiger partial charge < -0.3 is 33.8 Å². The summed E-state index contributed by atoms with van der Waals surface area (Å²) in [5, 5.41) is 10.6. The molecule has 3 unspecified atom stereocenters. The van der Waals surface area contributed by atoms with Gasteiger partial charge in [0.05, 0.1) is 26.4 Å². The first-order valence-electron chi connectivity index (χ1n) is 40.7. The summed E-state index contributed by atoms with van der Waals surface area (Å²) in [6, 6.07) is 0. The van der Waals surface area contributed by atoms with Gasteiger partial charge in [-0.1, -0.05) is 362 Å². The molecule has 0 aromatic heterocycles. The Bertz CT molecular complexity index is 1860. The van der Waals surface area contributed by atoms with Gasteiger partial charge in [-0.15, -0.1) is 0 Å². The molecular formula is C78H152O17P2. The predicted octanol–water partition coefficient (Wildman–Crippen LogP) is 23.3. The molecule has 0 fully saturated rings. The van der Waals surface area contributed by atoms with Gasteiger partial charge in [-0.25, -0.2) is 9.13 Å². The molecule has 0 aliphatic carbocycles. The summed E-state index contributed by atoms with van der Waals surface area (Å²) in [5.74, 6) is -1.31. The number of carbonyl (C=O) groups excluding carboxylic acids is 4. The van der Waals surface area contributed by atoms with Gasteiger partial charge >= 0.3 is 39.5 Å². The minimum absolute atomic E-state index is 0.107. The molecule has 0 rings (SSSR count). The van der Waals surface area contributed by atoms with Crippen molar-refractivity contribution in [1.82, 2.24) is 0 Å². The van der Waals surface area contributed by atoms with Crippen molar-refractivity contribution in [2.75, 3.05) is 39.6 Å². The standard InChI is InChI=1S/C78H152O17P2/c1-6-10-13-16-19-22-25-27-29-31-33-35-37-43-48-53-58-63-77(82)94-74(68-89-76(81)62-57-52-47-42-36-34-32-30-28-26-23-20-17-14-11-7-2)70-93-97(86,87)91-66-72(79)65-90-96(84,85)92-69-73(67-88-75(80)61-56-51-46-41-24-21-18-15-12-8-3)95-78(83)64-59-54-49-44-39-38-40-45-50-55-60-71(5)9-4/h71-74,79H,6-70H2,1-5H3,(H,84,85)(H,86,87)/t71?,72-,73+,74+/m0/s1. The second-order valence-electron chi connectivity index (χ2n) is 28.3. The van der Waals surface area contributed by atoms with Gasteiger partial charge in [0.25, 0.3) is 0 Å². The topological polar surface area (TPSA) is 237 Å². The fourth-order valence-corrected chi connectivity index (χ4v) is 13.6. The molecule has 0 aliphatic rings. The van der Waals surface area contributed by atoms with Crippen molar-refractivity contribution in [3.8, 4) is 0 Å². The number of hydrogen-bond acceptors (Lipinski definition) is 15. The molecule has 0 amide bonds. The lowest BCUT2D eigenvalue weighted by Crippen LogP contribution is -2.30. The van der Waals surface area contributed by atoms with Crippen LogP contribution < -0.4 is 0 Å². The Morgan fingerprint density at radius 3 is 0.732 bits per heavy atom. The van der Waals surface area contributed by atoms with E-state index in [1.54, 1.807) is 0 Å². The first-order valence-corrected chi connectivity index (χ1v) is 43.7. The maximum absolute atomic E-state index is 13.1. The monoisotopic (exact) mass is 1420 g/mol. The van der Waals surface area contributed by atoms with E-state index in [-0.39, 0.29) is 25.7 Å². The number of rotatable bonds is 78. The molecule has 0 heterocycles. The Morgan fingerprint density at radius 1 is 0.289 bits per heavy atom. The van der Waals surface area contributed by atoms with Crippen LogP contribution in [0.3, 0.4) is 0 Å². The number of carbonyl (C=O) groups is 4. The summed E-state index contributed by atoms with van der Waals surface area (Å²) >= 11 is 0. The van der Waals surface area contributed by atoms with Crippen LogP contribution in [0.5, 0.6) is 0 Å². The highest BCUT2D eigenvalue weighted by Gasteiger charge is 2.30. The van der Waals surface area contributed by atoms with Crippen LogP contribution in [-0.2, 0) is 65.4 Å². The van der Waals surface area contributed by atoms with E-state index in [0.717, 1.165) is 95.8 Å². The Morgan fingerprint density at radius 2 is 0.495 bits per heavy atom. The Hall–Kier alpha value is -1.94. The van der Waals surface area contributed by atoms with Gasteiger partial charge in [-0.2, -0.15) is 0 Å². The Balaban J connectivity index is 5.25. The average molecular weight is 1420 g/mol. The number of hydrogen-bond donors (Lipinski definition) is 3. The quantitative estimate of drug-likeness (QED) is 0.0222. The second kappa shape index (κ2) is 71.1. The Labute approximate surface area is 594 Å². The lowest BCUT2D eigenvalue weighted by Gasteiger charge is -2.21. The van der Waals surface area contributed by atoms with Crippen molar-refractivity contribution < 1.29 is 80.2 Å². The van der Waals surface area contributed by atoms with E-state index >= 15 is 0 Å². The van der Waals surface area contributed by atoms with Crippen molar-refractivity contribution in [3.63, 3.8) is 0 Å². The first-order chi connectivity index (χ1) is 47.1. The van der Waals surface area contributed by atoms with Crippen molar-refractivity contribution in [3.05, 3.63) is 0 Å². The highest BCUT2D eigenvalue weighted by molar-refractivity contribution is 7.47. The lowest BCUT2D eigenvalue weighted by molar-refractivity contribution is -0.161. The molecule has 0 radical (unpaired) electrons. The number of aliphatic hydroxyl groups excluding tert-OH is 1. The van der Waals surface area contributed by atoms with Gasteiger partial charge in [-0.3, -0.25) is 37.3 Å². The van der Waals surface area contributed by atoms with E-state index in [9.17, 15) is 43.2 Å². The number of esters is 4. The normalized spacial score (nSPS) is 14.2. The molecule has 0 bridgehead atoms. The number of phosphoric acid groups is 2. The van der Waals surface area contributed by atoms with Crippen molar-refractivity contribution in [2.45, 2.75) is 432 Å². The van der Waals surface area contributed by atoms with Crippen molar-refractivity contribution in [1.29, 1.82) is 0 Å². The summed E-state index contributed by atoms with van der Waals surface area (Å²) in [4.78, 5) is 72.9. The maximum Gasteiger partial charge on any atom is 0.472 e. The highest BCUT2D eigenvalue weighted by atomic mass is 31.2. The van der Waals surface area contributed by atoms with E-state index in [4.69, 9.17) is 37.0 Å². The molecular weight excluding hydrogens is 1270 g/mol. The molecule has 0 spiro atoms. The van der Waals surface area contributed by atoms with E-state index < -0.39 is 97.5 Å². The van der Waals surface area contributed by atoms with Crippen LogP contribution in [0.25, 0.3) is 0 Å². The van der Waals surface area contributed by atoms with Crippen LogP contribution in [-0.4, -0.2) is 96.7 Å². The SMILES string of the molecule is CCCCCCCCCCCCCCCCCCCC(=O)O[C@H](COC(=O)CCCCCCCCCCCCCCCCCC)COP(=O)(O)OC[C@@H](O)COP(=O)(O)OC[C@@H](COC(=O)CCCCCCCCCCCC)OC(=O)CCCCCCCCCCCCC(C)CC. The van der Waals surface area contributed by atoms with E-state index in [1.165, 1.54) is 238 Å². The third kappa shape index (κ3) is 70.9. The van der Waals surface area contributed by atoms with Gasteiger partial charge in [0, 0.05) is 25.7 Å². The minimum atomic E-state index is -4.96. The van der Waals surface area contributed by atoms with Crippen LogP contribution in [0.15, 0.2) is 0 Å². The average Bonchev–Trinajstić information content (AvgIpc) is 1.57. The third-order valence-corrected chi connectivity index (χ3v) is 20.5. The first kappa shape index (κ1) is 95.1. The summed E-state index contributed by atoms with van der Waals surface area (Å²) < 4.78 is 68.6. The van der Waals surface area contributed by atoms with E-state index in [1.807, 2.05) is 0 Å². The van der Waals surface area contributed by atoms with E-state index in [0.29, 0.717) is 25.7 Å². The molecule has 3 N–H and O–H groups in total. The van der Waals surface area contributed by atoms with Crippen LogP contribution in [0.4, 0.5) is 0 Å². The Kier molecular flexibility index (Phi) is 69.6. The number of phosphoric ester groups is 2. The predicted molar refractivity (Wildman–Crippen MR) is 395 cm³/mol. The van der Waals surface area contributed by atoms with Gasteiger partial charge in [0.1, 0.15) is 19.3 Å². The summed E-state index contributed by atoms with van der Waals surface area (Å²) in [6.07, 6.45) is 60.8. The van der Waals surface area contributed by atoms with Crippen molar-refractivity contribution in [2.24, 2.45) is 5.92 Å². The largest absolute Gasteiger partial charge is 0.472 e. The molecule has 6 atom stereocenters. The zero-order valence-corrected chi connectivity index (χ0v) is 65.0. The number of unbranched alkanes of at least 4 members (excludes halogenated alkanes) is 49. The molecule has 576 valence electrons. The molecule has 0 aromatic rings. The smallest absolute Gasteiger partial charge is 0.462 e. The van der Waals surface area contributed by atoms with Crippen molar-refractivity contribution >= 4 is 39.5 Å². The van der Waals surface area contributed by atoms with Crippen LogP contribution >= 0.6 is 15.6 Å². The van der Waals surface area contributed by atoms with Gasteiger partial charge in [-0.05, 0) is 31.6 Å². The molecule has 97 heavy (non-hydrogen) atoms. The number of aliphatic hydroxyl groups is 1. The third-order valence-electron chi connectivity index (χ3n) is 18.6. The molecule has 0 saturated carbocycles. The minimum Gasteiger partial charge on any atom is -0.462 e. The van der Waals surface area contributed by atoms with Gasteiger partial charge in [0.15, 0.2) is 12.2 Å². The van der Waals surface area contributed by atoms with Crippen LogP contribution in [0.1, 0.15) is 413 Å². The zero-order chi connectivity index (χ0) is 71.2. The summed E-state index contributed by atoms with van der Waals surface area (Å²) in [7, 11) is -9.91. The second-order valence-corrected chi connectivity index (χ2v) is 31.3. The summed E-state index contributed by atoms with van der Waals surface area (Å²) in [5.41, 5.74) is 0. The fourth-order valence-electron chi connectivity index (χ4n) is 12.0. The molecule has 0 aliphatic heterocycles. The zero-order valence-electron chi connectivity index (χ0n) is 63.2. The van der Waals surface area contributed by atoms with E-state index in [2.05, 4.69) is 34.6 Å². The lowest BCUT2D eigenvalue weighted by atomic mass is 9.99. The maximum atomic E-state index is 13.1. The number of ether oxygens (including phenoxy) is 4. The van der Waals surface area contributed by atoms with Crippen LogP contribution in [0, 0.1) is 5.92 Å². The molecule has 17 nitrogen and oxygen atoms in total. The fraction of sp³-hybridized carbons (Fsp3) is 0.949. The molecule has 19 heteroatoms.